The van der Waals surface area contributed by atoms with Gasteiger partial charge in [0.05, 0.1) is 12.2 Å². The van der Waals surface area contributed by atoms with E-state index < -0.39 is 5.92 Å². The monoisotopic (exact) mass is 362 g/mol. The van der Waals surface area contributed by atoms with E-state index in [-0.39, 0.29) is 17.7 Å². The first-order chi connectivity index (χ1) is 13.0. The third kappa shape index (κ3) is 3.33. The molecule has 0 bridgehead atoms. The highest BCUT2D eigenvalue weighted by atomic mass is 16.3. The van der Waals surface area contributed by atoms with Gasteiger partial charge in [-0.15, -0.1) is 0 Å². The van der Waals surface area contributed by atoms with Gasteiger partial charge in [0.1, 0.15) is 5.58 Å². The first-order valence-corrected chi connectivity index (χ1v) is 8.74. The molecule has 1 aromatic heterocycles. The van der Waals surface area contributed by atoms with Gasteiger partial charge in [-0.3, -0.25) is 19.7 Å². The number of rotatable bonds is 3. The summed E-state index contributed by atoms with van der Waals surface area (Å²) in [6.07, 6.45) is 2.39. The van der Waals surface area contributed by atoms with Gasteiger partial charge in [0.15, 0.2) is 0 Å². The number of fused-ring (bicyclic) bond motifs is 1. The van der Waals surface area contributed by atoms with Crippen molar-refractivity contribution in [2.45, 2.75) is 25.7 Å². The van der Waals surface area contributed by atoms with Crippen molar-refractivity contribution in [3.05, 3.63) is 54.3 Å². The van der Waals surface area contributed by atoms with Crippen molar-refractivity contribution in [2.75, 3.05) is 5.32 Å². The van der Waals surface area contributed by atoms with Gasteiger partial charge in [0.2, 0.25) is 17.7 Å². The highest BCUT2D eigenvalue weighted by Gasteiger charge is 2.30. The Labute approximate surface area is 155 Å². The van der Waals surface area contributed by atoms with Crippen LogP contribution in [0.4, 0.5) is 5.69 Å². The molecule has 2 N–H and O–H groups in total. The maximum Gasteiger partial charge on any atom is 0.234 e. The predicted molar refractivity (Wildman–Crippen MR) is 101 cm³/mol. The Morgan fingerprint density at radius 3 is 2.74 bits per heavy atom. The number of amides is 3. The molecule has 6 nitrogen and oxygen atoms in total. The minimum Gasteiger partial charge on any atom is -0.464 e. The van der Waals surface area contributed by atoms with E-state index in [0.717, 1.165) is 27.8 Å². The largest absolute Gasteiger partial charge is 0.464 e. The molecular formula is C21H18N2O4. The molecular weight excluding hydrogens is 344 g/mol. The van der Waals surface area contributed by atoms with E-state index in [1.54, 1.807) is 6.26 Å². The first kappa shape index (κ1) is 17.0. The van der Waals surface area contributed by atoms with Crippen molar-refractivity contribution in [2.24, 2.45) is 0 Å². The molecule has 1 atom stereocenters. The lowest BCUT2D eigenvalue weighted by Crippen LogP contribution is -2.39. The van der Waals surface area contributed by atoms with Crippen molar-refractivity contribution < 1.29 is 18.8 Å². The van der Waals surface area contributed by atoms with E-state index in [1.165, 1.54) is 6.92 Å². The van der Waals surface area contributed by atoms with Crippen molar-refractivity contribution in [3.8, 4) is 11.1 Å². The maximum absolute atomic E-state index is 12.2. The molecule has 1 unspecified atom stereocenters. The third-order valence-corrected chi connectivity index (χ3v) is 4.73. The van der Waals surface area contributed by atoms with Crippen molar-refractivity contribution >= 4 is 34.4 Å². The summed E-state index contributed by atoms with van der Waals surface area (Å²) in [6.45, 7) is 1.47. The summed E-state index contributed by atoms with van der Waals surface area (Å²) < 4.78 is 5.62. The zero-order chi connectivity index (χ0) is 19.0. The van der Waals surface area contributed by atoms with E-state index in [2.05, 4.69) is 10.6 Å². The van der Waals surface area contributed by atoms with E-state index in [4.69, 9.17) is 4.42 Å². The van der Waals surface area contributed by atoms with E-state index >= 15 is 0 Å². The minimum atomic E-state index is -0.398. The number of imide groups is 1. The molecule has 0 aliphatic carbocycles. The van der Waals surface area contributed by atoms with Crippen LogP contribution in [-0.2, 0) is 14.4 Å². The molecule has 1 aliphatic rings. The zero-order valence-electron chi connectivity index (χ0n) is 14.7. The Balaban J connectivity index is 1.73. The minimum absolute atomic E-state index is 0.127. The molecule has 136 valence electrons. The molecule has 0 spiro atoms. The summed E-state index contributed by atoms with van der Waals surface area (Å²) >= 11 is 0. The normalized spacial score (nSPS) is 17.0. The van der Waals surface area contributed by atoms with Crippen LogP contribution in [-0.4, -0.2) is 17.7 Å². The fourth-order valence-corrected chi connectivity index (χ4v) is 3.47. The van der Waals surface area contributed by atoms with Gasteiger partial charge >= 0.3 is 0 Å². The Bertz CT molecular complexity index is 1070. The molecule has 2 heterocycles. The number of hydrogen-bond acceptors (Lipinski definition) is 4. The predicted octanol–water partition coefficient (Wildman–Crippen LogP) is 3.58. The number of piperidine rings is 1. The summed E-state index contributed by atoms with van der Waals surface area (Å²) in [7, 11) is 0. The van der Waals surface area contributed by atoms with Gasteiger partial charge in [-0.1, -0.05) is 18.2 Å². The average Bonchev–Trinajstić information content (AvgIpc) is 3.04. The number of furan rings is 1. The number of carbonyl (C=O) groups is 3. The smallest absolute Gasteiger partial charge is 0.234 e. The van der Waals surface area contributed by atoms with Crippen LogP contribution < -0.4 is 10.6 Å². The summed E-state index contributed by atoms with van der Waals surface area (Å²) in [4.78, 5) is 34.9. The van der Waals surface area contributed by atoms with E-state index in [9.17, 15) is 14.4 Å². The van der Waals surface area contributed by atoms with Gasteiger partial charge in [-0.25, -0.2) is 0 Å². The Hall–Kier alpha value is -3.41. The fraction of sp³-hybridized carbons (Fsp3) is 0.190. The second kappa shape index (κ2) is 6.72. The van der Waals surface area contributed by atoms with Crippen molar-refractivity contribution in [3.63, 3.8) is 0 Å². The van der Waals surface area contributed by atoms with Crippen LogP contribution in [0.2, 0.25) is 0 Å². The average molecular weight is 362 g/mol. The van der Waals surface area contributed by atoms with Crippen LogP contribution in [0, 0.1) is 0 Å². The summed E-state index contributed by atoms with van der Waals surface area (Å²) in [5.41, 5.74) is 4.09. The number of benzene rings is 2. The highest BCUT2D eigenvalue weighted by Crippen LogP contribution is 2.35. The molecule has 3 amide bonds. The number of hydrogen-bond donors (Lipinski definition) is 2. The van der Waals surface area contributed by atoms with Crippen LogP contribution in [0.3, 0.4) is 0 Å². The Morgan fingerprint density at radius 2 is 1.96 bits per heavy atom. The maximum atomic E-state index is 12.2. The molecule has 1 aliphatic heterocycles. The second-order valence-electron chi connectivity index (χ2n) is 6.67. The molecule has 27 heavy (non-hydrogen) atoms. The van der Waals surface area contributed by atoms with Crippen LogP contribution >= 0.6 is 0 Å². The molecule has 1 saturated heterocycles. The molecule has 6 heteroatoms. The van der Waals surface area contributed by atoms with Gasteiger partial charge in [0, 0.05) is 30.0 Å². The van der Waals surface area contributed by atoms with Gasteiger partial charge in [-0.05, 0) is 41.8 Å². The molecule has 4 rings (SSSR count). The number of anilines is 1. The SMILES string of the molecule is CC(=O)Nc1cccc(-c2ccc3occ(C4CCC(=O)NC4=O)c3c2)c1. The standard InChI is InChI=1S/C21H18N2O4/c1-12(24)22-15-4-2-3-13(9-15)14-5-7-19-17(10-14)18(11-27-19)16-6-8-20(25)23-21(16)26/h2-5,7,9-11,16H,6,8H2,1H3,(H,22,24)(H,23,25,26). The fourth-order valence-electron chi connectivity index (χ4n) is 3.47. The second-order valence-corrected chi connectivity index (χ2v) is 6.67. The lowest BCUT2D eigenvalue weighted by molar-refractivity contribution is -0.134. The molecule has 2 aromatic carbocycles. The van der Waals surface area contributed by atoms with Gasteiger partial charge in [-0.2, -0.15) is 0 Å². The number of nitrogens with one attached hydrogen (secondary N) is 2. The first-order valence-electron chi connectivity index (χ1n) is 8.74. The van der Waals surface area contributed by atoms with Crippen molar-refractivity contribution in [1.82, 2.24) is 5.32 Å². The third-order valence-electron chi connectivity index (χ3n) is 4.73. The highest BCUT2D eigenvalue weighted by molar-refractivity contribution is 6.03. The molecule has 3 aromatic rings. The molecule has 0 radical (unpaired) electrons. The quantitative estimate of drug-likeness (QED) is 0.697. The Kier molecular flexibility index (Phi) is 4.24. The van der Waals surface area contributed by atoms with Crippen LogP contribution in [0.15, 0.2) is 53.1 Å². The zero-order valence-corrected chi connectivity index (χ0v) is 14.7. The summed E-state index contributed by atoms with van der Waals surface area (Å²) in [5.74, 6) is -1.05. The number of carbonyl (C=O) groups excluding carboxylic acids is 3. The van der Waals surface area contributed by atoms with Crippen molar-refractivity contribution in [1.29, 1.82) is 0 Å². The topological polar surface area (TPSA) is 88.4 Å². The van der Waals surface area contributed by atoms with Crippen LogP contribution in [0.25, 0.3) is 22.1 Å². The summed E-state index contributed by atoms with van der Waals surface area (Å²) in [5, 5.41) is 6.03. The lowest BCUT2D eigenvalue weighted by Gasteiger charge is -2.20. The van der Waals surface area contributed by atoms with Crippen LogP contribution in [0.5, 0.6) is 0 Å². The van der Waals surface area contributed by atoms with Crippen LogP contribution in [0.1, 0.15) is 31.2 Å². The van der Waals surface area contributed by atoms with Gasteiger partial charge < -0.3 is 9.73 Å². The van der Waals surface area contributed by atoms with E-state index in [1.807, 2.05) is 42.5 Å². The molecule has 0 saturated carbocycles. The van der Waals surface area contributed by atoms with E-state index in [0.29, 0.717) is 18.4 Å². The van der Waals surface area contributed by atoms with Gasteiger partial charge in [0.25, 0.3) is 0 Å². The molecule has 1 fully saturated rings. The summed E-state index contributed by atoms with van der Waals surface area (Å²) in [6, 6.07) is 13.3. The lowest BCUT2D eigenvalue weighted by atomic mass is 9.89. The Morgan fingerprint density at radius 1 is 1.15 bits per heavy atom.